The van der Waals surface area contributed by atoms with E-state index in [1.165, 1.54) is 14.0 Å². The lowest BCUT2D eigenvalue weighted by molar-refractivity contribution is 0.101. The molecule has 0 saturated carbocycles. The van der Waals surface area contributed by atoms with Crippen LogP contribution in [0.3, 0.4) is 0 Å². The van der Waals surface area contributed by atoms with Crippen LogP contribution < -0.4 is 9.47 Å². The summed E-state index contributed by atoms with van der Waals surface area (Å²) in [4.78, 5) is 11.3. The van der Waals surface area contributed by atoms with Gasteiger partial charge in [-0.25, -0.2) is 0 Å². The van der Waals surface area contributed by atoms with Crippen LogP contribution in [0.25, 0.3) is 0 Å². The summed E-state index contributed by atoms with van der Waals surface area (Å²) in [5, 5.41) is 9.29. The van der Waals surface area contributed by atoms with Crippen molar-refractivity contribution in [2.24, 2.45) is 0 Å². The third-order valence-corrected chi connectivity index (χ3v) is 3.11. The van der Waals surface area contributed by atoms with Crippen LogP contribution in [0.2, 0.25) is 5.02 Å². The molecule has 0 radical (unpaired) electrons. The molecule has 2 aromatic rings. The Kier molecular flexibility index (Phi) is 4.46. The maximum absolute atomic E-state index is 11.3. The van der Waals surface area contributed by atoms with Gasteiger partial charge in [-0.2, -0.15) is 5.26 Å². The minimum Gasteiger partial charge on any atom is -0.497 e. The number of hydrogen-bond donors (Lipinski definition) is 0. The maximum atomic E-state index is 11.3. The number of benzene rings is 2. The quantitative estimate of drug-likeness (QED) is 0.793. The van der Waals surface area contributed by atoms with E-state index in [0.29, 0.717) is 33.4 Å². The van der Waals surface area contributed by atoms with Crippen molar-refractivity contribution in [1.82, 2.24) is 0 Å². The number of ketones is 1. The summed E-state index contributed by atoms with van der Waals surface area (Å²) < 4.78 is 10.8. The van der Waals surface area contributed by atoms with Gasteiger partial charge in [0, 0.05) is 17.7 Å². The molecule has 0 aliphatic rings. The molecule has 4 nitrogen and oxygen atoms in total. The van der Waals surface area contributed by atoms with Crippen LogP contribution in [0, 0.1) is 11.3 Å². The van der Waals surface area contributed by atoms with Gasteiger partial charge in [0.25, 0.3) is 0 Å². The molecular formula is C16H12ClNO3. The molecule has 0 spiro atoms. The van der Waals surface area contributed by atoms with Crippen LogP contribution in [0.5, 0.6) is 17.2 Å². The van der Waals surface area contributed by atoms with Gasteiger partial charge in [-0.3, -0.25) is 4.79 Å². The molecule has 2 rings (SSSR count). The van der Waals surface area contributed by atoms with Crippen molar-refractivity contribution in [2.75, 3.05) is 7.11 Å². The number of carbonyl (C=O) groups excluding carboxylic acids is 1. The Morgan fingerprint density at radius 2 is 1.86 bits per heavy atom. The van der Waals surface area contributed by atoms with Gasteiger partial charge in [0.2, 0.25) is 0 Å². The number of nitriles is 1. The van der Waals surface area contributed by atoms with Gasteiger partial charge in [-0.1, -0.05) is 11.6 Å². The van der Waals surface area contributed by atoms with Gasteiger partial charge >= 0.3 is 0 Å². The summed E-state index contributed by atoms with van der Waals surface area (Å²) in [5.41, 5.74) is 0.864. The highest BCUT2D eigenvalue weighted by Crippen LogP contribution is 2.30. The Morgan fingerprint density at radius 1 is 1.14 bits per heavy atom. The molecule has 106 valence electrons. The monoisotopic (exact) mass is 301 g/mol. The van der Waals surface area contributed by atoms with Crippen LogP contribution in [0.4, 0.5) is 0 Å². The fourth-order valence-electron chi connectivity index (χ4n) is 1.79. The Labute approximate surface area is 127 Å². The third kappa shape index (κ3) is 3.53. The molecule has 21 heavy (non-hydrogen) atoms. The number of halogens is 1. The number of carbonyl (C=O) groups is 1. The van der Waals surface area contributed by atoms with Crippen molar-refractivity contribution in [2.45, 2.75) is 6.92 Å². The molecule has 5 heteroatoms. The van der Waals surface area contributed by atoms with Crippen LogP contribution in [-0.4, -0.2) is 12.9 Å². The fraction of sp³-hybridized carbons (Fsp3) is 0.125. The number of nitrogens with zero attached hydrogens (tertiary/aromatic N) is 1. The van der Waals surface area contributed by atoms with Crippen LogP contribution in [0.15, 0.2) is 36.4 Å². The second-order valence-corrected chi connectivity index (χ2v) is 4.72. The van der Waals surface area contributed by atoms with Crippen LogP contribution in [-0.2, 0) is 0 Å². The van der Waals surface area contributed by atoms with Gasteiger partial charge in [-0.15, -0.1) is 0 Å². The largest absolute Gasteiger partial charge is 0.497 e. The number of rotatable bonds is 4. The first-order chi connectivity index (χ1) is 10.0. The lowest BCUT2D eigenvalue weighted by Crippen LogP contribution is -1.94. The molecule has 0 aliphatic carbocycles. The zero-order valence-electron chi connectivity index (χ0n) is 11.5. The van der Waals surface area contributed by atoms with Crippen molar-refractivity contribution in [3.05, 3.63) is 52.5 Å². The maximum Gasteiger partial charge on any atom is 0.161 e. The number of methoxy groups -OCH3 is 1. The van der Waals surface area contributed by atoms with Gasteiger partial charge in [0.1, 0.15) is 17.2 Å². The molecule has 0 amide bonds. The smallest absolute Gasteiger partial charge is 0.161 e. The van der Waals surface area contributed by atoms with Crippen molar-refractivity contribution in [3.63, 3.8) is 0 Å². The molecule has 0 aliphatic heterocycles. The predicted octanol–water partition coefficient (Wildman–Crippen LogP) is 4.22. The lowest BCUT2D eigenvalue weighted by atomic mass is 10.1. The molecule has 0 unspecified atom stereocenters. The molecule has 0 aromatic heterocycles. The molecule has 0 N–H and O–H groups in total. The van der Waals surface area contributed by atoms with Crippen molar-refractivity contribution >= 4 is 17.4 Å². The van der Waals surface area contributed by atoms with Crippen molar-refractivity contribution in [1.29, 1.82) is 5.26 Å². The zero-order chi connectivity index (χ0) is 15.4. The molecule has 0 bridgehead atoms. The van der Waals surface area contributed by atoms with E-state index in [2.05, 4.69) is 0 Å². The second-order valence-electron chi connectivity index (χ2n) is 4.31. The Morgan fingerprint density at radius 3 is 2.43 bits per heavy atom. The van der Waals surface area contributed by atoms with Gasteiger partial charge < -0.3 is 9.47 Å². The van der Waals surface area contributed by atoms with E-state index < -0.39 is 0 Å². The summed E-state index contributed by atoms with van der Waals surface area (Å²) in [6.45, 7) is 1.45. The van der Waals surface area contributed by atoms with Crippen LogP contribution in [0.1, 0.15) is 22.8 Å². The Hall–Kier alpha value is -2.51. The first kappa shape index (κ1) is 14.9. The highest BCUT2D eigenvalue weighted by molar-refractivity contribution is 6.34. The van der Waals surface area contributed by atoms with E-state index in [0.717, 1.165) is 0 Å². The average Bonchev–Trinajstić information content (AvgIpc) is 2.46. The fourth-order valence-corrected chi connectivity index (χ4v) is 2.10. The minimum absolute atomic E-state index is 0.111. The standard InChI is InChI=1S/C16H12ClNO3/c1-10(19)15-4-3-12(8-16(15)17)21-14-6-11(9-18)5-13(7-14)20-2/h3-8H,1-2H3. The van der Waals surface area contributed by atoms with E-state index in [-0.39, 0.29) is 5.78 Å². The van der Waals surface area contributed by atoms with Crippen molar-refractivity contribution in [3.8, 4) is 23.3 Å². The SMILES string of the molecule is COc1cc(C#N)cc(Oc2ccc(C(C)=O)c(Cl)c2)c1. The van der Waals surface area contributed by atoms with Crippen molar-refractivity contribution < 1.29 is 14.3 Å². The predicted molar refractivity (Wildman–Crippen MR) is 79.2 cm³/mol. The molecule has 2 aromatic carbocycles. The normalized spacial score (nSPS) is 9.81. The topological polar surface area (TPSA) is 59.3 Å². The molecule has 0 fully saturated rings. The summed E-state index contributed by atoms with van der Waals surface area (Å²) in [6.07, 6.45) is 0. The Balaban J connectivity index is 2.32. The van der Waals surface area contributed by atoms with E-state index in [1.54, 1.807) is 36.4 Å². The number of hydrogen-bond acceptors (Lipinski definition) is 4. The first-order valence-electron chi connectivity index (χ1n) is 6.11. The molecule has 0 heterocycles. The minimum atomic E-state index is -0.111. The summed E-state index contributed by atoms with van der Waals surface area (Å²) in [6, 6.07) is 11.7. The van der Waals surface area contributed by atoms with E-state index in [1.807, 2.05) is 6.07 Å². The third-order valence-electron chi connectivity index (χ3n) is 2.80. The van der Waals surface area contributed by atoms with E-state index in [4.69, 9.17) is 26.3 Å². The van der Waals surface area contributed by atoms with Gasteiger partial charge in [-0.05, 0) is 31.2 Å². The average molecular weight is 302 g/mol. The molecular weight excluding hydrogens is 290 g/mol. The Bertz CT molecular complexity index is 735. The highest BCUT2D eigenvalue weighted by atomic mass is 35.5. The second kappa shape index (κ2) is 6.29. The van der Waals surface area contributed by atoms with Gasteiger partial charge in [0.05, 0.1) is 23.8 Å². The lowest BCUT2D eigenvalue weighted by Gasteiger charge is -2.09. The summed E-state index contributed by atoms with van der Waals surface area (Å²) in [5.74, 6) is 1.34. The number of ether oxygens (including phenoxy) is 2. The van der Waals surface area contributed by atoms with E-state index >= 15 is 0 Å². The van der Waals surface area contributed by atoms with Gasteiger partial charge in [0.15, 0.2) is 5.78 Å². The van der Waals surface area contributed by atoms with E-state index in [9.17, 15) is 4.79 Å². The van der Waals surface area contributed by atoms with Crippen LogP contribution >= 0.6 is 11.6 Å². The number of Topliss-reactive ketones (excluding diaryl/α,β-unsaturated/α-hetero) is 1. The summed E-state index contributed by atoms with van der Waals surface area (Å²) in [7, 11) is 1.51. The molecule has 0 atom stereocenters. The molecule has 0 saturated heterocycles. The zero-order valence-corrected chi connectivity index (χ0v) is 12.3. The summed E-state index contributed by atoms with van der Waals surface area (Å²) >= 11 is 6.03. The highest BCUT2D eigenvalue weighted by Gasteiger charge is 2.08. The first-order valence-corrected chi connectivity index (χ1v) is 6.49.